The summed E-state index contributed by atoms with van der Waals surface area (Å²) < 4.78 is 2.09. The summed E-state index contributed by atoms with van der Waals surface area (Å²) in [6, 6.07) is 17.9. The molecule has 82 valence electrons. The second-order valence-electron chi connectivity index (χ2n) is 3.96. The zero-order chi connectivity index (χ0) is 11.7. The van der Waals surface area contributed by atoms with Crippen molar-refractivity contribution in [2.45, 2.75) is 0 Å². The van der Waals surface area contributed by atoms with Crippen LogP contribution >= 0.6 is 0 Å². The number of carbonyl (C=O) groups is 1. The normalized spacial score (nSPS) is 10.6. The molecule has 0 fully saturated rings. The van der Waals surface area contributed by atoms with E-state index in [0.29, 0.717) is 5.56 Å². The van der Waals surface area contributed by atoms with Crippen LogP contribution in [-0.4, -0.2) is 10.9 Å². The van der Waals surface area contributed by atoms with E-state index in [2.05, 4.69) is 22.8 Å². The van der Waals surface area contributed by atoms with E-state index in [1.54, 1.807) is 0 Å². The quantitative estimate of drug-likeness (QED) is 0.607. The van der Waals surface area contributed by atoms with Gasteiger partial charge in [0, 0.05) is 17.4 Å². The zero-order valence-electron chi connectivity index (χ0n) is 9.21. The van der Waals surface area contributed by atoms with Crippen molar-refractivity contribution in [1.82, 2.24) is 4.57 Å². The van der Waals surface area contributed by atoms with Gasteiger partial charge in [0.1, 0.15) is 6.29 Å². The summed E-state index contributed by atoms with van der Waals surface area (Å²) in [5.41, 5.74) is 2.85. The van der Waals surface area contributed by atoms with Crippen LogP contribution in [0.1, 0.15) is 10.4 Å². The standard InChI is InChI=1S/C15H11NO/c17-11-12-4-3-6-14(10-12)16-9-8-13-5-1-2-7-15(13)16/h1-11H. The molecule has 0 N–H and O–H groups in total. The minimum absolute atomic E-state index is 0.695. The molecule has 0 aliphatic carbocycles. The van der Waals surface area contributed by atoms with Gasteiger partial charge >= 0.3 is 0 Å². The summed E-state index contributed by atoms with van der Waals surface area (Å²) in [6.45, 7) is 0. The molecular weight excluding hydrogens is 210 g/mol. The van der Waals surface area contributed by atoms with Crippen LogP contribution in [0.2, 0.25) is 0 Å². The molecule has 2 aromatic carbocycles. The Labute approximate surface area is 99.1 Å². The molecular formula is C15H11NO. The van der Waals surface area contributed by atoms with E-state index < -0.39 is 0 Å². The number of carbonyl (C=O) groups excluding carboxylic acids is 1. The third-order valence-electron chi connectivity index (χ3n) is 2.88. The van der Waals surface area contributed by atoms with Crippen molar-refractivity contribution < 1.29 is 4.79 Å². The first-order valence-electron chi connectivity index (χ1n) is 5.50. The average Bonchev–Trinajstić information content (AvgIpc) is 2.82. The first-order valence-corrected chi connectivity index (χ1v) is 5.50. The fraction of sp³-hybridized carbons (Fsp3) is 0. The van der Waals surface area contributed by atoms with Gasteiger partial charge in [-0.2, -0.15) is 0 Å². The topological polar surface area (TPSA) is 22.0 Å². The van der Waals surface area contributed by atoms with Crippen LogP contribution in [0.5, 0.6) is 0 Å². The number of hydrogen-bond acceptors (Lipinski definition) is 1. The van der Waals surface area contributed by atoms with Crippen LogP contribution < -0.4 is 0 Å². The Morgan fingerprint density at radius 2 is 1.82 bits per heavy atom. The summed E-state index contributed by atoms with van der Waals surface area (Å²) >= 11 is 0. The Bertz CT molecular complexity index is 682. The molecule has 3 rings (SSSR count). The van der Waals surface area contributed by atoms with Crippen LogP contribution in [0, 0.1) is 0 Å². The van der Waals surface area contributed by atoms with Crippen molar-refractivity contribution in [3.63, 3.8) is 0 Å². The van der Waals surface area contributed by atoms with E-state index in [1.165, 1.54) is 5.39 Å². The summed E-state index contributed by atoms with van der Waals surface area (Å²) in [4.78, 5) is 10.8. The van der Waals surface area contributed by atoms with E-state index in [1.807, 2.05) is 42.6 Å². The lowest BCUT2D eigenvalue weighted by Crippen LogP contribution is -1.92. The first-order chi connectivity index (χ1) is 8.38. The molecule has 0 aliphatic rings. The number of fused-ring (bicyclic) bond motifs is 1. The second-order valence-corrected chi connectivity index (χ2v) is 3.96. The molecule has 2 nitrogen and oxygen atoms in total. The van der Waals surface area contributed by atoms with Gasteiger partial charge in [-0.05, 0) is 29.7 Å². The molecule has 2 heteroatoms. The van der Waals surface area contributed by atoms with Gasteiger partial charge in [0.15, 0.2) is 0 Å². The molecule has 0 bridgehead atoms. The molecule has 0 atom stereocenters. The van der Waals surface area contributed by atoms with Crippen molar-refractivity contribution in [2.24, 2.45) is 0 Å². The molecule has 0 saturated heterocycles. The lowest BCUT2D eigenvalue weighted by molar-refractivity contribution is 0.112. The zero-order valence-corrected chi connectivity index (χ0v) is 9.21. The lowest BCUT2D eigenvalue weighted by atomic mass is 10.2. The summed E-state index contributed by atoms with van der Waals surface area (Å²) in [5.74, 6) is 0. The Hall–Kier alpha value is -2.35. The second kappa shape index (κ2) is 3.91. The van der Waals surface area contributed by atoms with Gasteiger partial charge in [0.25, 0.3) is 0 Å². The predicted molar refractivity (Wildman–Crippen MR) is 68.7 cm³/mol. The number of para-hydroxylation sites is 1. The van der Waals surface area contributed by atoms with Crippen LogP contribution in [0.25, 0.3) is 16.6 Å². The largest absolute Gasteiger partial charge is 0.317 e. The van der Waals surface area contributed by atoms with Crippen molar-refractivity contribution in [3.8, 4) is 5.69 Å². The van der Waals surface area contributed by atoms with Crippen molar-refractivity contribution in [3.05, 3.63) is 66.4 Å². The Morgan fingerprint density at radius 3 is 2.71 bits per heavy atom. The monoisotopic (exact) mass is 221 g/mol. The highest BCUT2D eigenvalue weighted by Gasteiger charge is 2.02. The van der Waals surface area contributed by atoms with E-state index in [0.717, 1.165) is 17.5 Å². The fourth-order valence-electron chi connectivity index (χ4n) is 2.06. The van der Waals surface area contributed by atoms with E-state index in [-0.39, 0.29) is 0 Å². The number of aldehydes is 1. The predicted octanol–water partition coefficient (Wildman–Crippen LogP) is 3.44. The lowest BCUT2D eigenvalue weighted by Gasteiger charge is -2.05. The molecule has 0 spiro atoms. The third kappa shape index (κ3) is 1.64. The van der Waals surface area contributed by atoms with Gasteiger partial charge in [-0.15, -0.1) is 0 Å². The minimum atomic E-state index is 0.695. The maximum atomic E-state index is 10.8. The molecule has 0 unspecified atom stereocenters. The van der Waals surface area contributed by atoms with Crippen molar-refractivity contribution in [1.29, 1.82) is 0 Å². The maximum absolute atomic E-state index is 10.8. The number of rotatable bonds is 2. The van der Waals surface area contributed by atoms with E-state index in [4.69, 9.17) is 0 Å². The van der Waals surface area contributed by atoms with Gasteiger partial charge in [-0.3, -0.25) is 4.79 Å². The minimum Gasteiger partial charge on any atom is -0.317 e. The SMILES string of the molecule is O=Cc1cccc(-n2ccc3ccccc32)c1. The van der Waals surface area contributed by atoms with Gasteiger partial charge in [0.05, 0.1) is 5.52 Å². The number of aromatic nitrogens is 1. The summed E-state index contributed by atoms with van der Waals surface area (Å²) in [6.07, 6.45) is 2.89. The molecule has 1 heterocycles. The van der Waals surface area contributed by atoms with Crippen LogP contribution in [0.15, 0.2) is 60.8 Å². The van der Waals surface area contributed by atoms with E-state index in [9.17, 15) is 4.79 Å². The van der Waals surface area contributed by atoms with Crippen molar-refractivity contribution >= 4 is 17.2 Å². The third-order valence-corrected chi connectivity index (χ3v) is 2.88. The average molecular weight is 221 g/mol. The maximum Gasteiger partial charge on any atom is 0.150 e. The first kappa shape index (κ1) is 9.85. The molecule has 0 amide bonds. The van der Waals surface area contributed by atoms with Gasteiger partial charge in [-0.25, -0.2) is 0 Å². The molecule has 3 aromatic rings. The Balaban J connectivity index is 2.23. The molecule has 1 aromatic heterocycles. The fourth-order valence-corrected chi connectivity index (χ4v) is 2.06. The molecule has 17 heavy (non-hydrogen) atoms. The van der Waals surface area contributed by atoms with E-state index >= 15 is 0 Å². The summed E-state index contributed by atoms with van der Waals surface area (Å²) in [5, 5.41) is 1.20. The van der Waals surface area contributed by atoms with Gasteiger partial charge < -0.3 is 4.57 Å². The van der Waals surface area contributed by atoms with Gasteiger partial charge in [0.2, 0.25) is 0 Å². The highest BCUT2D eigenvalue weighted by Crippen LogP contribution is 2.20. The van der Waals surface area contributed by atoms with Crippen molar-refractivity contribution in [2.75, 3.05) is 0 Å². The molecule has 0 saturated carbocycles. The van der Waals surface area contributed by atoms with Crippen LogP contribution in [-0.2, 0) is 0 Å². The highest BCUT2D eigenvalue weighted by atomic mass is 16.1. The van der Waals surface area contributed by atoms with Gasteiger partial charge in [-0.1, -0.05) is 30.3 Å². The van der Waals surface area contributed by atoms with Crippen LogP contribution in [0.3, 0.4) is 0 Å². The molecule has 0 aliphatic heterocycles. The van der Waals surface area contributed by atoms with Crippen LogP contribution in [0.4, 0.5) is 0 Å². The number of nitrogens with zero attached hydrogens (tertiary/aromatic N) is 1. The Morgan fingerprint density at radius 1 is 0.941 bits per heavy atom. The number of benzene rings is 2. The number of hydrogen-bond donors (Lipinski definition) is 0. The summed E-state index contributed by atoms with van der Waals surface area (Å²) in [7, 11) is 0. The Kier molecular flexibility index (Phi) is 2.26. The molecule has 0 radical (unpaired) electrons. The highest BCUT2D eigenvalue weighted by molar-refractivity contribution is 5.82. The smallest absolute Gasteiger partial charge is 0.150 e.